The highest BCUT2D eigenvalue weighted by Crippen LogP contribution is 2.30. The molecule has 3 rings (SSSR count). The smallest absolute Gasteiger partial charge is 0.261 e. The molecular weight excluding hydrogens is 296 g/mol. The first kappa shape index (κ1) is 16.0. The summed E-state index contributed by atoms with van der Waals surface area (Å²) in [4.78, 5) is 17.0. The van der Waals surface area contributed by atoms with Crippen molar-refractivity contribution >= 4 is 17.2 Å². The number of nitrogens with one attached hydrogen (secondary N) is 1. The molecule has 1 saturated heterocycles. The van der Waals surface area contributed by atoms with Gasteiger partial charge in [0.15, 0.2) is 0 Å². The Balaban J connectivity index is 1.51. The molecular formula is C17H26N2O2S. The monoisotopic (exact) mass is 322 g/mol. The van der Waals surface area contributed by atoms with Crippen molar-refractivity contribution in [3.05, 3.63) is 21.4 Å². The Hall–Kier alpha value is -0.910. The second-order valence-electron chi connectivity index (χ2n) is 6.68. The normalized spacial score (nSPS) is 26.7. The lowest BCUT2D eigenvalue weighted by atomic mass is 10.1. The number of hydrogen-bond donors (Lipinski definition) is 1. The number of amides is 1. The average Bonchev–Trinajstić information content (AvgIpc) is 3.04. The van der Waals surface area contributed by atoms with E-state index in [2.05, 4.69) is 37.1 Å². The van der Waals surface area contributed by atoms with E-state index in [-0.39, 0.29) is 18.1 Å². The largest absolute Gasteiger partial charge is 0.373 e. The van der Waals surface area contributed by atoms with Gasteiger partial charge in [-0.2, -0.15) is 0 Å². The van der Waals surface area contributed by atoms with E-state index in [1.165, 1.54) is 16.9 Å². The Kier molecular flexibility index (Phi) is 4.85. The van der Waals surface area contributed by atoms with Crippen LogP contribution in [0.1, 0.15) is 47.3 Å². The van der Waals surface area contributed by atoms with Gasteiger partial charge in [0.05, 0.1) is 17.1 Å². The molecule has 2 aliphatic rings. The minimum atomic E-state index is 0.0839. The maximum atomic E-state index is 12.3. The van der Waals surface area contributed by atoms with E-state index in [0.717, 1.165) is 30.8 Å². The van der Waals surface area contributed by atoms with Crippen LogP contribution in [-0.2, 0) is 17.6 Å². The van der Waals surface area contributed by atoms with Crippen LogP contribution in [0.25, 0.3) is 0 Å². The van der Waals surface area contributed by atoms with Crippen molar-refractivity contribution in [2.75, 3.05) is 19.6 Å². The first-order valence-corrected chi connectivity index (χ1v) is 9.14. The second-order valence-corrected chi connectivity index (χ2v) is 7.82. The molecule has 4 nitrogen and oxygen atoms in total. The topological polar surface area (TPSA) is 41.6 Å². The molecule has 1 amide bonds. The Morgan fingerprint density at radius 1 is 1.41 bits per heavy atom. The zero-order valence-corrected chi connectivity index (χ0v) is 14.5. The van der Waals surface area contributed by atoms with Gasteiger partial charge in [0.1, 0.15) is 0 Å². The number of hydrogen-bond acceptors (Lipinski definition) is 4. The fourth-order valence-electron chi connectivity index (χ4n) is 3.48. The molecule has 0 aromatic carbocycles. The number of aryl methyl sites for hydroxylation is 2. The first-order chi connectivity index (χ1) is 10.5. The third-order valence-electron chi connectivity index (χ3n) is 4.60. The molecule has 0 spiro atoms. The Labute approximate surface area is 136 Å². The van der Waals surface area contributed by atoms with Crippen LogP contribution in [0.2, 0.25) is 0 Å². The number of carbonyl (C=O) groups is 1. The molecule has 1 aromatic rings. The molecule has 0 radical (unpaired) electrons. The van der Waals surface area contributed by atoms with Gasteiger partial charge in [0.25, 0.3) is 5.91 Å². The van der Waals surface area contributed by atoms with Crippen LogP contribution in [0.15, 0.2) is 6.07 Å². The summed E-state index contributed by atoms with van der Waals surface area (Å²) in [6.45, 7) is 8.98. The van der Waals surface area contributed by atoms with E-state index in [0.29, 0.717) is 12.6 Å². The summed E-state index contributed by atoms with van der Waals surface area (Å²) >= 11 is 1.67. The molecule has 1 aromatic heterocycles. The number of carbonyl (C=O) groups excluding carboxylic acids is 1. The summed E-state index contributed by atoms with van der Waals surface area (Å²) in [7, 11) is 0. The minimum Gasteiger partial charge on any atom is -0.373 e. The second kappa shape index (κ2) is 6.69. The van der Waals surface area contributed by atoms with E-state index in [4.69, 9.17) is 4.74 Å². The molecule has 1 aliphatic heterocycles. The quantitative estimate of drug-likeness (QED) is 0.926. The molecule has 2 heterocycles. The summed E-state index contributed by atoms with van der Waals surface area (Å²) < 4.78 is 5.77. The van der Waals surface area contributed by atoms with Gasteiger partial charge in [0, 0.05) is 30.6 Å². The van der Waals surface area contributed by atoms with Crippen molar-refractivity contribution in [1.82, 2.24) is 10.2 Å². The first-order valence-electron chi connectivity index (χ1n) is 8.32. The zero-order valence-electron chi connectivity index (χ0n) is 13.7. The van der Waals surface area contributed by atoms with Crippen molar-refractivity contribution in [3.8, 4) is 0 Å². The fraction of sp³-hybridized carbons (Fsp3) is 0.706. The van der Waals surface area contributed by atoms with E-state index in [9.17, 15) is 4.79 Å². The predicted molar refractivity (Wildman–Crippen MR) is 89.7 cm³/mol. The third-order valence-corrected chi connectivity index (χ3v) is 5.84. The number of nitrogens with zero attached hydrogens (tertiary/aromatic N) is 1. The lowest BCUT2D eigenvalue weighted by Gasteiger charge is -2.38. The molecule has 0 bridgehead atoms. The molecule has 22 heavy (non-hydrogen) atoms. The maximum absolute atomic E-state index is 12.3. The number of thiophene rings is 1. The van der Waals surface area contributed by atoms with Gasteiger partial charge < -0.3 is 10.1 Å². The van der Waals surface area contributed by atoms with Gasteiger partial charge in [-0.25, -0.2) is 0 Å². The Morgan fingerprint density at radius 2 is 2.14 bits per heavy atom. The highest BCUT2D eigenvalue weighted by molar-refractivity contribution is 7.14. The maximum Gasteiger partial charge on any atom is 0.261 e. The highest BCUT2D eigenvalue weighted by atomic mass is 32.1. The SMILES string of the molecule is C[C@@H]1CN([C@@H](C)CNC(=O)c2cc3c(s2)CCC3)C[C@H](C)O1. The van der Waals surface area contributed by atoms with Crippen molar-refractivity contribution in [1.29, 1.82) is 0 Å². The van der Waals surface area contributed by atoms with Gasteiger partial charge in [-0.05, 0) is 51.7 Å². The van der Waals surface area contributed by atoms with Crippen LogP contribution < -0.4 is 5.32 Å². The van der Waals surface area contributed by atoms with Gasteiger partial charge in [-0.3, -0.25) is 9.69 Å². The number of rotatable bonds is 4. The Morgan fingerprint density at radius 3 is 2.82 bits per heavy atom. The molecule has 0 unspecified atom stereocenters. The number of morpholine rings is 1. The zero-order chi connectivity index (χ0) is 15.7. The molecule has 122 valence electrons. The highest BCUT2D eigenvalue weighted by Gasteiger charge is 2.26. The molecule has 3 atom stereocenters. The number of fused-ring (bicyclic) bond motifs is 1. The van der Waals surface area contributed by atoms with Crippen LogP contribution in [0.4, 0.5) is 0 Å². The van der Waals surface area contributed by atoms with E-state index in [1.54, 1.807) is 11.3 Å². The lowest BCUT2D eigenvalue weighted by molar-refractivity contribution is -0.0778. The summed E-state index contributed by atoms with van der Waals surface area (Å²) in [5.74, 6) is 0.0839. The molecule has 1 fully saturated rings. The van der Waals surface area contributed by atoms with Gasteiger partial charge in [-0.15, -0.1) is 11.3 Å². The van der Waals surface area contributed by atoms with Crippen LogP contribution in [-0.4, -0.2) is 48.7 Å². The van der Waals surface area contributed by atoms with Crippen molar-refractivity contribution < 1.29 is 9.53 Å². The van der Waals surface area contributed by atoms with Crippen molar-refractivity contribution in [2.24, 2.45) is 0 Å². The van der Waals surface area contributed by atoms with Crippen LogP contribution in [0.3, 0.4) is 0 Å². The van der Waals surface area contributed by atoms with E-state index >= 15 is 0 Å². The van der Waals surface area contributed by atoms with Crippen molar-refractivity contribution in [2.45, 2.75) is 58.3 Å². The van der Waals surface area contributed by atoms with Crippen LogP contribution >= 0.6 is 11.3 Å². The molecule has 5 heteroatoms. The summed E-state index contributed by atoms with van der Waals surface area (Å²) in [5.41, 5.74) is 1.39. The average molecular weight is 322 g/mol. The van der Waals surface area contributed by atoms with Crippen LogP contribution in [0, 0.1) is 0 Å². The van der Waals surface area contributed by atoms with Gasteiger partial charge >= 0.3 is 0 Å². The minimum absolute atomic E-state index is 0.0839. The summed E-state index contributed by atoms with van der Waals surface area (Å²) in [6.07, 6.45) is 4.06. The van der Waals surface area contributed by atoms with Gasteiger partial charge in [-0.1, -0.05) is 0 Å². The standard InChI is InChI=1S/C17H26N2O2S/c1-11(19-9-12(2)21-13(3)10-19)8-18-17(20)16-7-14-5-4-6-15(14)22-16/h7,11-13H,4-6,8-10H2,1-3H3,(H,18,20)/t11-,12-,13+/m0/s1. The Bertz CT molecular complexity index is 511. The van der Waals surface area contributed by atoms with E-state index < -0.39 is 0 Å². The molecule has 1 aliphatic carbocycles. The lowest BCUT2D eigenvalue weighted by Crippen LogP contribution is -2.52. The molecule has 0 saturated carbocycles. The fourth-order valence-corrected chi connectivity index (χ4v) is 4.65. The summed E-state index contributed by atoms with van der Waals surface area (Å²) in [5, 5.41) is 3.10. The number of ether oxygens (including phenoxy) is 1. The summed E-state index contributed by atoms with van der Waals surface area (Å²) in [6, 6.07) is 2.43. The van der Waals surface area contributed by atoms with E-state index in [1.807, 2.05) is 0 Å². The third kappa shape index (κ3) is 3.53. The van der Waals surface area contributed by atoms with Crippen molar-refractivity contribution in [3.63, 3.8) is 0 Å². The van der Waals surface area contributed by atoms with Crippen LogP contribution in [0.5, 0.6) is 0 Å². The predicted octanol–water partition coefficient (Wildman–Crippen LogP) is 2.46. The van der Waals surface area contributed by atoms with Gasteiger partial charge in [0.2, 0.25) is 0 Å². The molecule has 1 N–H and O–H groups in total.